The van der Waals surface area contributed by atoms with Crippen LogP contribution in [0.3, 0.4) is 0 Å². The van der Waals surface area contributed by atoms with Crippen molar-refractivity contribution in [2.24, 2.45) is 5.92 Å². The predicted molar refractivity (Wildman–Crippen MR) is 61.1 cm³/mol. The Hall–Kier alpha value is -0.280. The molecule has 1 atom stereocenters. The highest BCUT2D eigenvalue weighted by atomic mass is 35.5. The summed E-state index contributed by atoms with van der Waals surface area (Å²) in [5, 5.41) is 0. The molecule has 1 aliphatic carbocycles. The van der Waals surface area contributed by atoms with Gasteiger partial charge in [-0.15, -0.1) is 11.6 Å². The Morgan fingerprint density at radius 1 is 1.47 bits per heavy atom. The summed E-state index contributed by atoms with van der Waals surface area (Å²) in [6, 6.07) is 0.822. The van der Waals surface area contributed by atoms with Crippen LogP contribution >= 0.6 is 11.6 Å². The molecule has 3 nitrogen and oxygen atoms in total. The number of likely N-dealkylation sites (tertiary alicyclic amines) is 1. The van der Waals surface area contributed by atoms with E-state index in [1.807, 2.05) is 4.90 Å². The maximum absolute atomic E-state index is 11.4. The fraction of sp³-hybridized carbons (Fsp3) is 0.909. The Balaban J connectivity index is 1.74. The molecule has 2 rings (SSSR count). The third kappa shape index (κ3) is 2.85. The van der Waals surface area contributed by atoms with Crippen LogP contribution in [-0.4, -0.2) is 54.3 Å². The van der Waals surface area contributed by atoms with Crippen molar-refractivity contribution in [2.45, 2.75) is 25.3 Å². The molecular formula is C11H19ClN2O. The first-order valence-corrected chi connectivity index (χ1v) is 6.28. The molecule has 15 heavy (non-hydrogen) atoms. The van der Waals surface area contributed by atoms with Gasteiger partial charge in [0.05, 0.1) is 0 Å². The number of alkyl halides is 1. The summed E-state index contributed by atoms with van der Waals surface area (Å²) in [5.74, 6) is 0.876. The molecule has 1 saturated heterocycles. The van der Waals surface area contributed by atoms with Gasteiger partial charge in [-0.05, 0) is 32.2 Å². The third-order valence-corrected chi connectivity index (χ3v) is 3.70. The van der Waals surface area contributed by atoms with Crippen LogP contribution in [-0.2, 0) is 4.79 Å². The van der Waals surface area contributed by atoms with Crippen LogP contribution < -0.4 is 0 Å². The average Bonchev–Trinajstić information content (AvgIpc) is 2.99. The number of carbonyl (C=O) groups is 1. The molecule has 1 unspecified atom stereocenters. The van der Waals surface area contributed by atoms with Crippen LogP contribution in [0.25, 0.3) is 0 Å². The molecule has 2 fully saturated rings. The van der Waals surface area contributed by atoms with E-state index >= 15 is 0 Å². The molecule has 0 bridgehead atoms. The molecule has 86 valence electrons. The molecule has 0 aromatic carbocycles. The van der Waals surface area contributed by atoms with E-state index in [1.54, 1.807) is 0 Å². The zero-order valence-electron chi connectivity index (χ0n) is 9.29. The normalized spacial score (nSPS) is 26.3. The summed E-state index contributed by atoms with van der Waals surface area (Å²) in [5.41, 5.74) is 0. The highest BCUT2D eigenvalue weighted by molar-refractivity contribution is 6.27. The van der Waals surface area contributed by atoms with E-state index in [1.165, 1.54) is 12.8 Å². The van der Waals surface area contributed by atoms with Gasteiger partial charge in [0.2, 0.25) is 5.91 Å². The second-order valence-corrected chi connectivity index (χ2v) is 5.07. The lowest BCUT2D eigenvalue weighted by Crippen LogP contribution is -2.32. The van der Waals surface area contributed by atoms with Gasteiger partial charge in [-0.3, -0.25) is 4.79 Å². The first-order valence-electron chi connectivity index (χ1n) is 5.74. The average molecular weight is 231 g/mol. The molecule has 2 aliphatic rings. The van der Waals surface area contributed by atoms with Crippen LogP contribution in [0.1, 0.15) is 19.3 Å². The summed E-state index contributed by atoms with van der Waals surface area (Å²) in [6.45, 7) is 2.94. The molecule has 1 saturated carbocycles. The second-order valence-electron chi connectivity index (χ2n) is 4.80. The van der Waals surface area contributed by atoms with E-state index in [4.69, 9.17) is 11.6 Å². The SMILES string of the molecule is CN(CC1CCN(C(=O)CCl)C1)C1CC1. The minimum atomic E-state index is 0.0910. The zero-order chi connectivity index (χ0) is 10.8. The molecule has 0 N–H and O–H groups in total. The number of hydrogen-bond donors (Lipinski definition) is 0. The molecule has 0 aromatic heterocycles. The Bertz CT molecular complexity index is 243. The van der Waals surface area contributed by atoms with Gasteiger partial charge in [-0.1, -0.05) is 0 Å². The van der Waals surface area contributed by atoms with Crippen LogP contribution in [0.5, 0.6) is 0 Å². The van der Waals surface area contributed by atoms with Crippen molar-refractivity contribution in [3.05, 3.63) is 0 Å². The zero-order valence-corrected chi connectivity index (χ0v) is 10.0. The summed E-state index contributed by atoms with van der Waals surface area (Å²) in [7, 11) is 2.20. The molecule has 1 heterocycles. The van der Waals surface area contributed by atoms with Gasteiger partial charge in [0.15, 0.2) is 0 Å². The van der Waals surface area contributed by atoms with Crippen molar-refractivity contribution in [1.82, 2.24) is 9.80 Å². The number of amides is 1. The molecule has 0 spiro atoms. The summed E-state index contributed by atoms with van der Waals surface area (Å²) in [6.07, 6.45) is 3.85. The van der Waals surface area contributed by atoms with Crippen LogP contribution in [0.15, 0.2) is 0 Å². The number of rotatable bonds is 4. The van der Waals surface area contributed by atoms with Gasteiger partial charge in [-0.2, -0.15) is 0 Å². The minimum absolute atomic E-state index is 0.0910. The first kappa shape index (κ1) is 11.2. The largest absolute Gasteiger partial charge is 0.341 e. The Morgan fingerprint density at radius 3 is 2.80 bits per heavy atom. The smallest absolute Gasteiger partial charge is 0.237 e. The highest BCUT2D eigenvalue weighted by Crippen LogP contribution is 2.27. The number of nitrogens with zero attached hydrogens (tertiary/aromatic N) is 2. The molecule has 4 heteroatoms. The minimum Gasteiger partial charge on any atom is -0.341 e. The van der Waals surface area contributed by atoms with E-state index < -0.39 is 0 Å². The van der Waals surface area contributed by atoms with Crippen molar-refractivity contribution in [2.75, 3.05) is 32.6 Å². The monoisotopic (exact) mass is 230 g/mol. The lowest BCUT2D eigenvalue weighted by atomic mass is 10.1. The fourth-order valence-electron chi connectivity index (χ4n) is 2.36. The van der Waals surface area contributed by atoms with Gasteiger partial charge in [0.1, 0.15) is 5.88 Å². The van der Waals surface area contributed by atoms with Crippen molar-refractivity contribution >= 4 is 17.5 Å². The van der Waals surface area contributed by atoms with Crippen molar-refractivity contribution in [3.63, 3.8) is 0 Å². The highest BCUT2D eigenvalue weighted by Gasteiger charge is 2.31. The second kappa shape index (κ2) is 4.71. The van der Waals surface area contributed by atoms with E-state index in [9.17, 15) is 4.79 Å². The van der Waals surface area contributed by atoms with Gasteiger partial charge < -0.3 is 9.80 Å². The van der Waals surface area contributed by atoms with Crippen LogP contribution in [0.2, 0.25) is 0 Å². The summed E-state index contributed by atoms with van der Waals surface area (Å²) >= 11 is 5.54. The van der Waals surface area contributed by atoms with Gasteiger partial charge in [0.25, 0.3) is 0 Å². The molecular weight excluding hydrogens is 212 g/mol. The molecule has 0 radical (unpaired) electrons. The van der Waals surface area contributed by atoms with Crippen molar-refractivity contribution in [1.29, 1.82) is 0 Å². The van der Waals surface area contributed by atoms with E-state index in [2.05, 4.69) is 11.9 Å². The number of hydrogen-bond acceptors (Lipinski definition) is 2. The Morgan fingerprint density at radius 2 is 2.20 bits per heavy atom. The Labute approximate surface area is 96.4 Å². The van der Waals surface area contributed by atoms with Gasteiger partial charge in [0, 0.05) is 25.7 Å². The molecule has 1 aliphatic heterocycles. The quantitative estimate of drug-likeness (QED) is 0.677. The maximum atomic E-state index is 11.4. The fourth-order valence-corrected chi connectivity index (χ4v) is 2.53. The number of halogens is 1. The lowest BCUT2D eigenvalue weighted by molar-refractivity contribution is -0.127. The van der Waals surface area contributed by atoms with Crippen molar-refractivity contribution in [3.8, 4) is 0 Å². The van der Waals surface area contributed by atoms with E-state index in [0.29, 0.717) is 5.92 Å². The summed E-state index contributed by atoms with van der Waals surface area (Å²) in [4.78, 5) is 15.7. The van der Waals surface area contributed by atoms with Gasteiger partial charge in [-0.25, -0.2) is 0 Å². The maximum Gasteiger partial charge on any atom is 0.237 e. The third-order valence-electron chi connectivity index (χ3n) is 3.47. The van der Waals surface area contributed by atoms with Crippen molar-refractivity contribution < 1.29 is 4.79 Å². The number of carbonyl (C=O) groups excluding carboxylic acids is 1. The van der Waals surface area contributed by atoms with E-state index in [-0.39, 0.29) is 11.8 Å². The first-order chi connectivity index (χ1) is 7.20. The molecule has 1 amide bonds. The Kier molecular flexibility index (Phi) is 3.52. The summed E-state index contributed by atoms with van der Waals surface area (Å²) < 4.78 is 0. The standard InChI is InChI=1S/C11H19ClN2O/c1-13(10-2-3-10)7-9-4-5-14(8-9)11(15)6-12/h9-10H,2-8H2,1H3. The van der Waals surface area contributed by atoms with Gasteiger partial charge >= 0.3 is 0 Å². The molecule has 0 aromatic rings. The van der Waals surface area contributed by atoms with Crippen LogP contribution in [0.4, 0.5) is 0 Å². The topological polar surface area (TPSA) is 23.6 Å². The van der Waals surface area contributed by atoms with Crippen LogP contribution in [0, 0.1) is 5.92 Å². The predicted octanol–water partition coefficient (Wildman–Crippen LogP) is 1.17. The van der Waals surface area contributed by atoms with E-state index in [0.717, 1.165) is 32.1 Å². The lowest BCUT2D eigenvalue weighted by Gasteiger charge is -2.20.